The standard InChI is InChI=1S/C29H21F6N5O3/c30-16-8-14(9-17(31)12-16)10-22(25-18(2-1-7-37-25)15-3-5-21(32)20(11-15)28(36)43)38-24(42)13-40-26-19(4-6-23(26)41)27(39-40)29(33,34)35/h1-3,5,7-12,23,41H,4,6,13H2,(H2,36,43)(H,38,42)/b22-10-. The van der Waals surface area contributed by atoms with Crippen molar-refractivity contribution in [2.75, 3.05) is 0 Å². The lowest BCUT2D eigenvalue weighted by Crippen LogP contribution is -2.28. The SMILES string of the molecule is NC(=O)c1cc(-c2cccnc2/C(=C/c2cc(F)cc(F)c2)NC(=O)Cn2nc(C(F)(F)F)c3c2C(O)CC3)ccc1F. The first-order chi connectivity index (χ1) is 20.3. The number of amides is 2. The minimum atomic E-state index is -4.82. The minimum absolute atomic E-state index is 0.00394. The van der Waals surface area contributed by atoms with Crippen LogP contribution in [-0.2, 0) is 23.9 Å². The number of aliphatic hydroxyl groups excluding tert-OH is 1. The minimum Gasteiger partial charge on any atom is -0.387 e. The van der Waals surface area contributed by atoms with E-state index in [4.69, 9.17) is 5.73 Å². The molecule has 1 atom stereocenters. The Balaban J connectivity index is 1.58. The van der Waals surface area contributed by atoms with Crippen LogP contribution in [0.1, 0.15) is 51.1 Å². The first-order valence-electron chi connectivity index (χ1n) is 12.7. The van der Waals surface area contributed by atoms with Gasteiger partial charge in [-0.05, 0) is 60.4 Å². The Morgan fingerprint density at radius 3 is 2.49 bits per heavy atom. The van der Waals surface area contributed by atoms with Crippen molar-refractivity contribution in [2.45, 2.75) is 31.7 Å². The predicted octanol–water partition coefficient (Wildman–Crippen LogP) is 4.77. The number of rotatable bonds is 7. The number of nitrogens with one attached hydrogen (secondary N) is 1. The first kappa shape index (κ1) is 29.5. The summed E-state index contributed by atoms with van der Waals surface area (Å²) in [7, 11) is 0. The van der Waals surface area contributed by atoms with E-state index in [0.29, 0.717) is 6.07 Å². The van der Waals surface area contributed by atoms with Gasteiger partial charge in [0, 0.05) is 23.4 Å². The number of carbonyl (C=O) groups excluding carboxylic acids is 2. The molecular formula is C29H21F6N5O3. The summed E-state index contributed by atoms with van der Waals surface area (Å²) >= 11 is 0. The van der Waals surface area contributed by atoms with Crippen LogP contribution < -0.4 is 11.1 Å². The van der Waals surface area contributed by atoms with E-state index in [9.17, 15) is 41.0 Å². The molecule has 0 radical (unpaired) electrons. The molecule has 43 heavy (non-hydrogen) atoms. The molecule has 0 aliphatic heterocycles. The molecule has 0 bridgehead atoms. The fourth-order valence-corrected chi connectivity index (χ4v) is 4.95. The maximum absolute atomic E-state index is 14.2. The number of halogens is 6. The third-order valence-corrected chi connectivity index (χ3v) is 6.71. The van der Waals surface area contributed by atoms with Crippen LogP contribution in [0.25, 0.3) is 22.9 Å². The fourth-order valence-electron chi connectivity index (χ4n) is 4.95. The van der Waals surface area contributed by atoms with Gasteiger partial charge in [0.05, 0.1) is 28.8 Å². The molecule has 4 N–H and O–H groups in total. The van der Waals surface area contributed by atoms with Crippen molar-refractivity contribution >= 4 is 23.6 Å². The first-order valence-corrected chi connectivity index (χ1v) is 12.7. The summed E-state index contributed by atoms with van der Waals surface area (Å²) in [6.07, 6.45) is -3.63. The van der Waals surface area contributed by atoms with E-state index in [0.717, 1.165) is 28.9 Å². The molecule has 5 rings (SSSR count). The maximum Gasteiger partial charge on any atom is 0.435 e. The van der Waals surface area contributed by atoms with Crippen LogP contribution in [0, 0.1) is 17.5 Å². The van der Waals surface area contributed by atoms with Crippen molar-refractivity contribution in [3.63, 3.8) is 0 Å². The van der Waals surface area contributed by atoms with E-state index >= 15 is 0 Å². The molecule has 0 fully saturated rings. The van der Waals surface area contributed by atoms with Gasteiger partial charge in [-0.2, -0.15) is 18.3 Å². The molecule has 0 saturated carbocycles. The zero-order chi connectivity index (χ0) is 31.1. The Hall–Kier alpha value is -4.98. The van der Waals surface area contributed by atoms with Crippen LogP contribution in [-0.4, -0.2) is 31.7 Å². The number of primary amides is 1. The molecule has 0 saturated heterocycles. The Morgan fingerprint density at radius 2 is 1.81 bits per heavy atom. The Labute approximate surface area is 239 Å². The van der Waals surface area contributed by atoms with Gasteiger partial charge >= 0.3 is 6.18 Å². The molecule has 2 heterocycles. The van der Waals surface area contributed by atoms with E-state index in [1.807, 2.05) is 0 Å². The lowest BCUT2D eigenvalue weighted by molar-refractivity contribution is -0.142. The summed E-state index contributed by atoms with van der Waals surface area (Å²) in [5.41, 5.74) is 3.60. The molecular weight excluding hydrogens is 580 g/mol. The molecule has 222 valence electrons. The lowest BCUT2D eigenvalue weighted by Gasteiger charge is -2.16. The van der Waals surface area contributed by atoms with Gasteiger partial charge in [0.2, 0.25) is 5.91 Å². The molecule has 2 aromatic heterocycles. The van der Waals surface area contributed by atoms with Gasteiger partial charge in [-0.1, -0.05) is 12.1 Å². The number of benzene rings is 2. The van der Waals surface area contributed by atoms with Crippen LogP contribution in [0.2, 0.25) is 0 Å². The van der Waals surface area contributed by atoms with Crippen LogP contribution in [0.3, 0.4) is 0 Å². The summed E-state index contributed by atoms with van der Waals surface area (Å²) in [6.45, 7) is -0.755. The van der Waals surface area contributed by atoms with Crippen molar-refractivity contribution in [3.05, 3.63) is 106 Å². The van der Waals surface area contributed by atoms with Crippen molar-refractivity contribution in [2.24, 2.45) is 5.73 Å². The average molecular weight is 602 g/mol. The van der Waals surface area contributed by atoms with Gasteiger partial charge in [0.25, 0.3) is 5.91 Å². The van der Waals surface area contributed by atoms with Gasteiger partial charge in [0.1, 0.15) is 24.0 Å². The van der Waals surface area contributed by atoms with Crippen molar-refractivity contribution in [3.8, 4) is 11.1 Å². The Morgan fingerprint density at radius 1 is 1.09 bits per heavy atom. The zero-order valence-corrected chi connectivity index (χ0v) is 21.9. The number of alkyl halides is 3. The highest BCUT2D eigenvalue weighted by Crippen LogP contribution is 2.40. The molecule has 4 aromatic rings. The highest BCUT2D eigenvalue weighted by molar-refractivity contribution is 5.97. The van der Waals surface area contributed by atoms with E-state index in [2.05, 4.69) is 15.4 Å². The molecule has 1 aliphatic carbocycles. The van der Waals surface area contributed by atoms with Gasteiger partial charge in [-0.25, -0.2) is 13.2 Å². The van der Waals surface area contributed by atoms with Gasteiger partial charge in [-0.3, -0.25) is 19.3 Å². The second-order valence-electron chi connectivity index (χ2n) is 9.69. The number of nitrogens with two attached hydrogens (primary N) is 1. The number of aliphatic hydroxyl groups is 1. The monoisotopic (exact) mass is 601 g/mol. The number of nitrogens with zero attached hydrogens (tertiary/aromatic N) is 3. The second-order valence-corrected chi connectivity index (χ2v) is 9.69. The summed E-state index contributed by atoms with van der Waals surface area (Å²) < 4.78 is 83.7. The number of aromatic nitrogens is 3. The largest absolute Gasteiger partial charge is 0.435 e. The maximum atomic E-state index is 14.2. The fraction of sp³-hybridized carbons (Fsp3) is 0.172. The van der Waals surface area contributed by atoms with Gasteiger partial charge < -0.3 is 16.2 Å². The molecule has 0 spiro atoms. The van der Waals surface area contributed by atoms with E-state index in [1.54, 1.807) is 0 Å². The van der Waals surface area contributed by atoms with Crippen LogP contribution >= 0.6 is 0 Å². The van der Waals surface area contributed by atoms with Crippen LogP contribution in [0.15, 0.2) is 54.7 Å². The summed E-state index contributed by atoms with van der Waals surface area (Å²) in [5.74, 6) is -4.69. The van der Waals surface area contributed by atoms with Gasteiger partial charge in [0.15, 0.2) is 5.69 Å². The van der Waals surface area contributed by atoms with Crippen molar-refractivity contribution in [1.29, 1.82) is 0 Å². The number of hydrogen-bond acceptors (Lipinski definition) is 5. The molecule has 1 unspecified atom stereocenters. The van der Waals surface area contributed by atoms with Crippen molar-refractivity contribution < 1.29 is 41.0 Å². The highest BCUT2D eigenvalue weighted by Gasteiger charge is 2.42. The number of fused-ring (bicyclic) bond motifs is 1. The molecule has 1 aliphatic rings. The smallest absolute Gasteiger partial charge is 0.387 e. The van der Waals surface area contributed by atoms with E-state index in [1.165, 1.54) is 30.5 Å². The molecule has 2 aromatic carbocycles. The zero-order valence-electron chi connectivity index (χ0n) is 21.9. The van der Waals surface area contributed by atoms with E-state index < -0.39 is 59.3 Å². The molecule has 2 amide bonds. The number of carbonyl (C=O) groups is 2. The predicted molar refractivity (Wildman–Crippen MR) is 141 cm³/mol. The summed E-state index contributed by atoms with van der Waals surface area (Å²) in [6, 6.07) is 9.05. The van der Waals surface area contributed by atoms with Gasteiger partial charge in [-0.15, -0.1) is 0 Å². The summed E-state index contributed by atoms with van der Waals surface area (Å²) in [5, 5.41) is 16.3. The average Bonchev–Trinajstić information content (AvgIpc) is 3.48. The molecule has 14 heteroatoms. The number of hydrogen-bond donors (Lipinski definition) is 3. The highest BCUT2D eigenvalue weighted by atomic mass is 19.4. The van der Waals surface area contributed by atoms with E-state index in [-0.39, 0.29) is 52.2 Å². The quantitative estimate of drug-likeness (QED) is 0.264. The van der Waals surface area contributed by atoms with Crippen LogP contribution in [0.4, 0.5) is 26.3 Å². The third-order valence-electron chi connectivity index (χ3n) is 6.71. The van der Waals surface area contributed by atoms with Crippen LogP contribution in [0.5, 0.6) is 0 Å². The Bertz CT molecular complexity index is 1760. The lowest BCUT2D eigenvalue weighted by atomic mass is 9.98. The topological polar surface area (TPSA) is 123 Å². The third kappa shape index (κ3) is 6.14. The Kier molecular flexibility index (Phi) is 7.80. The summed E-state index contributed by atoms with van der Waals surface area (Å²) in [4.78, 5) is 29.3. The normalized spacial score (nSPS) is 15.0. The molecule has 8 nitrogen and oxygen atoms in total. The second kappa shape index (κ2) is 11.4. The number of pyridine rings is 1. The van der Waals surface area contributed by atoms with Crippen molar-refractivity contribution in [1.82, 2.24) is 20.1 Å².